The van der Waals surface area contributed by atoms with Gasteiger partial charge in [0, 0.05) is 12.6 Å². The second-order valence-corrected chi connectivity index (χ2v) is 4.98. The Hall–Kier alpha value is -2.51. The van der Waals surface area contributed by atoms with Crippen LogP contribution in [0, 0.1) is 11.3 Å². The molecule has 0 bridgehead atoms. The highest BCUT2D eigenvalue weighted by Crippen LogP contribution is 2.34. The lowest BCUT2D eigenvalue weighted by Crippen LogP contribution is -2.18. The van der Waals surface area contributed by atoms with Crippen LogP contribution < -0.4 is 14.8 Å². The molecule has 106 valence electrons. The van der Waals surface area contributed by atoms with Crippen molar-refractivity contribution in [1.82, 2.24) is 5.32 Å². The molecule has 1 aliphatic rings. The highest BCUT2D eigenvalue weighted by atomic mass is 16.7. The molecule has 1 atom stereocenters. The molecule has 0 saturated carbocycles. The van der Waals surface area contributed by atoms with Crippen molar-refractivity contribution in [2.45, 2.75) is 19.5 Å². The fourth-order valence-electron chi connectivity index (χ4n) is 2.35. The molecule has 3 rings (SSSR count). The minimum absolute atomic E-state index is 0.159. The molecule has 1 heterocycles. The fourth-order valence-corrected chi connectivity index (χ4v) is 2.35. The smallest absolute Gasteiger partial charge is 0.231 e. The molecule has 0 spiro atoms. The maximum atomic E-state index is 9.10. The number of ether oxygens (including phenoxy) is 2. The normalized spacial score (nSPS) is 13.7. The number of benzene rings is 2. The quantitative estimate of drug-likeness (QED) is 0.934. The van der Waals surface area contributed by atoms with E-state index < -0.39 is 0 Å². The second kappa shape index (κ2) is 5.86. The Morgan fingerprint density at radius 1 is 1.19 bits per heavy atom. The Balaban J connectivity index is 1.69. The number of rotatable bonds is 4. The number of hydrogen-bond acceptors (Lipinski definition) is 4. The highest BCUT2D eigenvalue weighted by Gasteiger charge is 2.15. The van der Waals surface area contributed by atoms with Gasteiger partial charge in [-0.25, -0.2) is 0 Å². The van der Waals surface area contributed by atoms with Crippen LogP contribution in [0.15, 0.2) is 42.5 Å². The molecule has 1 aliphatic heterocycles. The lowest BCUT2D eigenvalue weighted by Gasteiger charge is -2.15. The third kappa shape index (κ3) is 2.83. The lowest BCUT2D eigenvalue weighted by atomic mass is 10.1. The van der Waals surface area contributed by atoms with Crippen molar-refractivity contribution >= 4 is 0 Å². The third-order valence-corrected chi connectivity index (χ3v) is 3.63. The first kappa shape index (κ1) is 13.5. The van der Waals surface area contributed by atoms with Gasteiger partial charge < -0.3 is 14.8 Å². The van der Waals surface area contributed by atoms with Gasteiger partial charge >= 0.3 is 0 Å². The number of hydrogen-bond donors (Lipinski definition) is 1. The van der Waals surface area contributed by atoms with Crippen LogP contribution in [0.25, 0.3) is 0 Å². The maximum absolute atomic E-state index is 9.10. The SMILES string of the molecule is CC(NCc1ccccc1C#N)c1ccc2c(c1)OCO2. The summed E-state index contributed by atoms with van der Waals surface area (Å²) < 4.78 is 10.7. The Kier molecular flexibility index (Phi) is 3.76. The van der Waals surface area contributed by atoms with Gasteiger partial charge in [0.15, 0.2) is 11.5 Å². The van der Waals surface area contributed by atoms with Gasteiger partial charge in [0.2, 0.25) is 6.79 Å². The molecule has 1 N–H and O–H groups in total. The number of nitrogens with zero attached hydrogens (tertiary/aromatic N) is 1. The number of fused-ring (bicyclic) bond motifs is 1. The van der Waals surface area contributed by atoms with E-state index in [1.165, 1.54) is 0 Å². The van der Waals surface area contributed by atoms with Crippen molar-refractivity contribution in [2.75, 3.05) is 6.79 Å². The molecular weight excluding hydrogens is 264 g/mol. The van der Waals surface area contributed by atoms with Crippen molar-refractivity contribution < 1.29 is 9.47 Å². The lowest BCUT2D eigenvalue weighted by molar-refractivity contribution is 0.174. The van der Waals surface area contributed by atoms with Gasteiger partial charge in [-0.1, -0.05) is 24.3 Å². The summed E-state index contributed by atoms with van der Waals surface area (Å²) in [6, 6.07) is 16.0. The maximum Gasteiger partial charge on any atom is 0.231 e. The minimum atomic E-state index is 0.159. The summed E-state index contributed by atoms with van der Waals surface area (Å²) in [5, 5.41) is 12.5. The van der Waals surface area contributed by atoms with Crippen LogP contribution in [-0.2, 0) is 6.54 Å². The summed E-state index contributed by atoms with van der Waals surface area (Å²) in [7, 11) is 0. The van der Waals surface area contributed by atoms with E-state index >= 15 is 0 Å². The Morgan fingerprint density at radius 3 is 2.86 bits per heavy atom. The molecule has 0 amide bonds. The van der Waals surface area contributed by atoms with Gasteiger partial charge in [-0.15, -0.1) is 0 Å². The summed E-state index contributed by atoms with van der Waals surface area (Å²) in [4.78, 5) is 0. The van der Waals surface area contributed by atoms with E-state index in [0.29, 0.717) is 12.1 Å². The summed E-state index contributed by atoms with van der Waals surface area (Å²) in [5.41, 5.74) is 2.85. The first-order chi connectivity index (χ1) is 10.3. The molecule has 4 heteroatoms. The van der Waals surface area contributed by atoms with Gasteiger partial charge in [-0.05, 0) is 36.2 Å². The van der Waals surface area contributed by atoms with Crippen LogP contribution >= 0.6 is 0 Å². The molecule has 0 radical (unpaired) electrons. The average molecular weight is 280 g/mol. The Labute approximate surface area is 123 Å². The molecule has 1 unspecified atom stereocenters. The third-order valence-electron chi connectivity index (χ3n) is 3.63. The van der Waals surface area contributed by atoms with Crippen LogP contribution in [0.1, 0.15) is 29.7 Å². The van der Waals surface area contributed by atoms with E-state index in [4.69, 9.17) is 14.7 Å². The van der Waals surface area contributed by atoms with E-state index in [0.717, 1.165) is 22.6 Å². The Morgan fingerprint density at radius 2 is 2.00 bits per heavy atom. The van der Waals surface area contributed by atoms with Gasteiger partial charge in [0.1, 0.15) is 0 Å². The Bertz CT molecular complexity index is 691. The second-order valence-electron chi connectivity index (χ2n) is 4.98. The van der Waals surface area contributed by atoms with E-state index in [-0.39, 0.29) is 12.8 Å². The highest BCUT2D eigenvalue weighted by molar-refractivity contribution is 5.45. The van der Waals surface area contributed by atoms with Crippen molar-refractivity contribution in [3.63, 3.8) is 0 Å². The predicted octanol–water partition coefficient (Wildman–Crippen LogP) is 3.14. The summed E-state index contributed by atoms with van der Waals surface area (Å²) >= 11 is 0. The van der Waals surface area contributed by atoms with E-state index in [9.17, 15) is 0 Å². The van der Waals surface area contributed by atoms with E-state index in [1.54, 1.807) is 0 Å². The van der Waals surface area contributed by atoms with Gasteiger partial charge in [0.25, 0.3) is 0 Å². The van der Waals surface area contributed by atoms with E-state index in [2.05, 4.69) is 18.3 Å². The van der Waals surface area contributed by atoms with Crippen molar-refractivity contribution in [2.24, 2.45) is 0 Å². The largest absolute Gasteiger partial charge is 0.454 e. The molecule has 21 heavy (non-hydrogen) atoms. The topological polar surface area (TPSA) is 54.3 Å². The van der Waals surface area contributed by atoms with Crippen molar-refractivity contribution in [3.05, 3.63) is 59.2 Å². The zero-order valence-electron chi connectivity index (χ0n) is 11.8. The molecule has 0 aliphatic carbocycles. The van der Waals surface area contributed by atoms with Crippen LogP contribution in [0.2, 0.25) is 0 Å². The molecule has 4 nitrogen and oxygen atoms in total. The standard InChI is InChI=1S/C17H16N2O2/c1-12(13-6-7-16-17(8-13)21-11-20-16)19-10-15-5-3-2-4-14(15)9-18/h2-8,12,19H,10-11H2,1H3. The zero-order valence-corrected chi connectivity index (χ0v) is 11.8. The fraction of sp³-hybridized carbons (Fsp3) is 0.235. The van der Waals surface area contributed by atoms with E-state index in [1.807, 2.05) is 42.5 Å². The first-order valence-corrected chi connectivity index (χ1v) is 6.89. The van der Waals surface area contributed by atoms with Gasteiger partial charge in [-0.3, -0.25) is 0 Å². The van der Waals surface area contributed by atoms with Crippen molar-refractivity contribution in [1.29, 1.82) is 5.26 Å². The molecule has 0 aromatic heterocycles. The van der Waals surface area contributed by atoms with Gasteiger partial charge in [-0.2, -0.15) is 5.26 Å². The summed E-state index contributed by atoms with van der Waals surface area (Å²) in [6.07, 6.45) is 0. The van der Waals surface area contributed by atoms with Crippen LogP contribution in [0.3, 0.4) is 0 Å². The summed E-state index contributed by atoms with van der Waals surface area (Å²) in [5.74, 6) is 1.58. The monoisotopic (exact) mass is 280 g/mol. The predicted molar refractivity (Wildman–Crippen MR) is 79.0 cm³/mol. The molecule has 0 fully saturated rings. The molecule has 2 aromatic carbocycles. The van der Waals surface area contributed by atoms with Crippen molar-refractivity contribution in [3.8, 4) is 17.6 Å². The first-order valence-electron chi connectivity index (χ1n) is 6.89. The number of nitrogens with one attached hydrogen (secondary N) is 1. The minimum Gasteiger partial charge on any atom is -0.454 e. The molecule has 2 aromatic rings. The van der Waals surface area contributed by atoms with Gasteiger partial charge in [0.05, 0.1) is 11.6 Å². The summed E-state index contributed by atoms with van der Waals surface area (Å²) in [6.45, 7) is 3.03. The van der Waals surface area contributed by atoms with Crippen LogP contribution in [0.4, 0.5) is 0 Å². The van der Waals surface area contributed by atoms with Crippen LogP contribution in [0.5, 0.6) is 11.5 Å². The molecule has 0 saturated heterocycles. The van der Waals surface area contributed by atoms with Crippen LogP contribution in [-0.4, -0.2) is 6.79 Å². The molecular formula is C17H16N2O2. The average Bonchev–Trinajstić information content (AvgIpc) is 3.00. The number of nitriles is 1. The zero-order chi connectivity index (χ0) is 14.7.